The van der Waals surface area contributed by atoms with Crippen LogP contribution in [-0.2, 0) is 19.1 Å². The van der Waals surface area contributed by atoms with Crippen LogP contribution in [0, 0.1) is 0 Å². The van der Waals surface area contributed by atoms with Gasteiger partial charge in [0.05, 0.1) is 13.7 Å². The van der Waals surface area contributed by atoms with Crippen LogP contribution in [0.15, 0.2) is 0 Å². The first-order valence-corrected chi connectivity index (χ1v) is 6.21. The lowest BCUT2D eigenvalue weighted by Gasteiger charge is -2.09. The number of halogens is 1. The molecule has 0 aliphatic heterocycles. The number of carbonyl (C=O) groups excluding carboxylic acids is 2. The van der Waals surface area contributed by atoms with E-state index in [2.05, 4.69) is 31.3 Å². The average Bonchev–Trinajstić information content (AvgIpc) is 2.33. The highest BCUT2D eigenvalue weighted by Crippen LogP contribution is 1.99. The molecule has 2 N–H and O–H groups in total. The molecule has 17 heavy (non-hydrogen) atoms. The molecule has 0 aromatic heterocycles. The summed E-state index contributed by atoms with van der Waals surface area (Å²) in [5.41, 5.74) is 0. The lowest BCUT2D eigenvalue weighted by Crippen LogP contribution is -2.34. The Balaban J connectivity index is 3.44. The molecule has 0 aromatic rings. The van der Waals surface area contributed by atoms with Gasteiger partial charge in [-0.3, -0.25) is 9.59 Å². The van der Waals surface area contributed by atoms with Gasteiger partial charge in [0.15, 0.2) is 0 Å². The molecular weight excluding hydrogens is 292 g/mol. The summed E-state index contributed by atoms with van der Waals surface area (Å²) < 4.78 is 9.34. The van der Waals surface area contributed by atoms with E-state index in [1.165, 1.54) is 7.11 Å². The molecule has 1 unspecified atom stereocenters. The van der Waals surface area contributed by atoms with Gasteiger partial charge >= 0.3 is 5.97 Å². The monoisotopic (exact) mass is 310 g/mol. The molecule has 100 valence electrons. The number of hydrogen-bond donors (Lipinski definition) is 2. The van der Waals surface area contributed by atoms with E-state index in [1.807, 2.05) is 0 Å². The van der Waals surface area contributed by atoms with Crippen LogP contribution in [0.4, 0.5) is 0 Å². The molecule has 6 nitrogen and oxygen atoms in total. The summed E-state index contributed by atoms with van der Waals surface area (Å²) in [7, 11) is 2.91. The second kappa shape index (κ2) is 10.5. The Bertz CT molecular complexity index is 238. The molecule has 0 rings (SSSR count). The molecule has 7 heteroatoms. The molecule has 0 aliphatic carbocycles. The fourth-order valence-electron chi connectivity index (χ4n) is 1.02. The average molecular weight is 311 g/mol. The second-order valence-electron chi connectivity index (χ2n) is 3.29. The maximum atomic E-state index is 11.2. The molecule has 0 bridgehead atoms. The van der Waals surface area contributed by atoms with Crippen molar-refractivity contribution < 1.29 is 19.1 Å². The molecule has 0 spiro atoms. The fourth-order valence-corrected chi connectivity index (χ4v) is 1.44. The number of ether oxygens (including phenoxy) is 2. The van der Waals surface area contributed by atoms with E-state index in [4.69, 9.17) is 4.74 Å². The van der Waals surface area contributed by atoms with Crippen LogP contribution < -0.4 is 10.6 Å². The molecule has 0 saturated carbocycles. The van der Waals surface area contributed by atoms with Crippen molar-refractivity contribution >= 4 is 27.8 Å². The first kappa shape index (κ1) is 16.3. The number of amides is 1. The van der Waals surface area contributed by atoms with Gasteiger partial charge in [-0.1, -0.05) is 15.9 Å². The van der Waals surface area contributed by atoms with E-state index in [1.54, 1.807) is 7.11 Å². The summed E-state index contributed by atoms with van der Waals surface area (Å²) in [6.07, 6.45) is 0.366. The predicted molar refractivity (Wildman–Crippen MR) is 67.1 cm³/mol. The Morgan fingerprint density at radius 3 is 2.59 bits per heavy atom. The van der Waals surface area contributed by atoms with Gasteiger partial charge < -0.3 is 20.1 Å². The van der Waals surface area contributed by atoms with Gasteiger partial charge in [0.1, 0.15) is 4.83 Å². The minimum absolute atomic E-state index is 0.0428. The summed E-state index contributed by atoms with van der Waals surface area (Å²) in [4.78, 5) is 21.9. The van der Waals surface area contributed by atoms with Gasteiger partial charge in [-0.25, -0.2) is 0 Å². The topological polar surface area (TPSA) is 76.7 Å². The quantitative estimate of drug-likeness (QED) is 0.346. The summed E-state index contributed by atoms with van der Waals surface area (Å²) in [6.45, 7) is 1.96. The van der Waals surface area contributed by atoms with Crippen LogP contribution in [0.1, 0.15) is 6.42 Å². The first-order valence-electron chi connectivity index (χ1n) is 5.30. The van der Waals surface area contributed by atoms with E-state index >= 15 is 0 Å². The number of nitrogens with one attached hydrogen (secondary N) is 2. The number of alkyl halides is 1. The smallest absolute Gasteiger partial charge is 0.320 e. The third-order valence-corrected chi connectivity index (χ3v) is 2.64. The van der Waals surface area contributed by atoms with Crippen LogP contribution in [0.5, 0.6) is 0 Å². The molecule has 0 fully saturated rings. The molecule has 0 aromatic carbocycles. The maximum Gasteiger partial charge on any atom is 0.320 e. The maximum absolute atomic E-state index is 11.2. The number of methoxy groups -OCH3 is 2. The minimum Gasteiger partial charge on any atom is -0.468 e. The highest BCUT2D eigenvalue weighted by molar-refractivity contribution is 9.10. The normalized spacial score (nSPS) is 11.9. The van der Waals surface area contributed by atoms with Crippen molar-refractivity contribution in [1.82, 2.24) is 10.6 Å². The Morgan fingerprint density at radius 1 is 1.29 bits per heavy atom. The lowest BCUT2D eigenvalue weighted by atomic mass is 10.3. The molecular formula is C10H19BrN2O4. The Hall–Kier alpha value is -0.660. The number of carbonyl (C=O) groups is 2. The first-order chi connectivity index (χ1) is 8.11. The van der Waals surface area contributed by atoms with Crippen LogP contribution in [0.3, 0.4) is 0 Å². The van der Waals surface area contributed by atoms with Gasteiger partial charge in [0.2, 0.25) is 5.91 Å². The zero-order valence-corrected chi connectivity index (χ0v) is 11.7. The van der Waals surface area contributed by atoms with Crippen molar-refractivity contribution in [2.45, 2.75) is 11.2 Å². The van der Waals surface area contributed by atoms with Crippen molar-refractivity contribution in [3.05, 3.63) is 0 Å². The predicted octanol–water partition coefficient (Wildman–Crippen LogP) is -0.335. The summed E-state index contributed by atoms with van der Waals surface area (Å²) in [5, 5.41) is 5.68. The van der Waals surface area contributed by atoms with E-state index in [0.717, 1.165) is 0 Å². The van der Waals surface area contributed by atoms with Gasteiger partial charge in [0.25, 0.3) is 0 Å². The summed E-state index contributed by atoms with van der Waals surface area (Å²) in [5.74, 6) is -0.374. The third kappa shape index (κ3) is 9.08. The Labute approximate surface area is 110 Å². The highest BCUT2D eigenvalue weighted by Gasteiger charge is 2.14. The highest BCUT2D eigenvalue weighted by atomic mass is 79.9. The Kier molecular flexibility index (Phi) is 10.1. The fraction of sp³-hybridized carbons (Fsp3) is 0.800. The largest absolute Gasteiger partial charge is 0.468 e. The molecule has 0 heterocycles. The van der Waals surface area contributed by atoms with Gasteiger partial charge in [-0.05, 0) is 0 Å². The number of esters is 1. The van der Waals surface area contributed by atoms with Crippen LogP contribution in [0.2, 0.25) is 0 Å². The van der Waals surface area contributed by atoms with E-state index in [0.29, 0.717) is 32.7 Å². The van der Waals surface area contributed by atoms with Crippen molar-refractivity contribution in [3.8, 4) is 0 Å². The zero-order valence-electron chi connectivity index (χ0n) is 10.1. The van der Waals surface area contributed by atoms with E-state index < -0.39 is 0 Å². The number of rotatable bonds is 9. The second-order valence-corrected chi connectivity index (χ2v) is 4.39. The van der Waals surface area contributed by atoms with Crippen molar-refractivity contribution in [1.29, 1.82) is 0 Å². The SMILES string of the molecule is COCCNC(=O)CCNCC(Br)C(=O)OC. The van der Waals surface area contributed by atoms with Crippen LogP contribution in [-0.4, -0.2) is 57.2 Å². The van der Waals surface area contributed by atoms with Gasteiger partial charge in [0, 0.05) is 33.2 Å². The number of hydrogen-bond acceptors (Lipinski definition) is 5. The summed E-state index contributed by atoms with van der Waals surface area (Å²) in [6, 6.07) is 0. The lowest BCUT2D eigenvalue weighted by molar-refractivity contribution is -0.139. The van der Waals surface area contributed by atoms with Crippen molar-refractivity contribution in [3.63, 3.8) is 0 Å². The molecule has 1 amide bonds. The van der Waals surface area contributed by atoms with Crippen LogP contribution in [0.25, 0.3) is 0 Å². The third-order valence-electron chi connectivity index (χ3n) is 1.94. The van der Waals surface area contributed by atoms with Crippen molar-refractivity contribution in [2.75, 3.05) is 40.5 Å². The zero-order chi connectivity index (χ0) is 13.1. The van der Waals surface area contributed by atoms with Crippen LogP contribution >= 0.6 is 15.9 Å². The molecule has 0 saturated heterocycles. The molecule has 1 atom stereocenters. The van der Waals surface area contributed by atoms with Gasteiger partial charge in [-0.15, -0.1) is 0 Å². The van der Waals surface area contributed by atoms with Gasteiger partial charge in [-0.2, -0.15) is 0 Å². The molecule has 0 aliphatic rings. The minimum atomic E-state index is -0.385. The molecule has 0 radical (unpaired) electrons. The summed E-state index contributed by atoms with van der Waals surface area (Å²) >= 11 is 3.17. The van der Waals surface area contributed by atoms with Crippen molar-refractivity contribution in [2.24, 2.45) is 0 Å². The van der Waals surface area contributed by atoms with E-state index in [-0.39, 0.29) is 16.7 Å². The van der Waals surface area contributed by atoms with E-state index in [9.17, 15) is 9.59 Å². The standard InChI is InChI=1S/C10H19BrN2O4/c1-16-6-5-13-9(14)3-4-12-7-8(11)10(15)17-2/h8,12H,3-7H2,1-2H3,(H,13,14). The Morgan fingerprint density at radius 2 is 2.00 bits per heavy atom.